The van der Waals surface area contributed by atoms with Crippen LogP contribution in [0.3, 0.4) is 0 Å². The van der Waals surface area contributed by atoms with Crippen molar-refractivity contribution in [2.24, 2.45) is 7.05 Å². The topological polar surface area (TPSA) is 83.4 Å². The number of hydrogen-bond acceptors (Lipinski definition) is 5. The van der Waals surface area contributed by atoms with Crippen LogP contribution in [0.5, 0.6) is 11.6 Å². The highest BCUT2D eigenvalue weighted by Gasteiger charge is 2.23. The summed E-state index contributed by atoms with van der Waals surface area (Å²) < 4.78 is 38.1. The highest BCUT2D eigenvalue weighted by molar-refractivity contribution is 5.98. The molecule has 0 unspecified atom stereocenters. The van der Waals surface area contributed by atoms with Crippen LogP contribution >= 0.6 is 0 Å². The molecule has 0 aliphatic carbocycles. The Bertz CT molecular complexity index is 1630. The van der Waals surface area contributed by atoms with Gasteiger partial charge in [-0.2, -0.15) is 10.1 Å². The van der Waals surface area contributed by atoms with Gasteiger partial charge in [0.25, 0.3) is 5.56 Å². The van der Waals surface area contributed by atoms with E-state index in [4.69, 9.17) is 4.74 Å². The summed E-state index contributed by atoms with van der Waals surface area (Å²) in [4.78, 5) is 30.2. The number of rotatable bonds is 6. The first-order chi connectivity index (χ1) is 16.8. The predicted octanol–water partition coefficient (Wildman–Crippen LogP) is 4.02. The molecule has 0 N–H and O–H groups in total. The van der Waals surface area contributed by atoms with E-state index in [0.29, 0.717) is 22.5 Å². The highest BCUT2D eigenvalue weighted by atomic mass is 19.1. The second-order valence-corrected chi connectivity index (χ2v) is 7.95. The highest BCUT2D eigenvalue weighted by Crippen LogP contribution is 2.27. The smallest absolute Gasteiger partial charge is 0.282 e. The van der Waals surface area contributed by atoms with Crippen molar-refractivity contribution in [3.8, 4) is 17.3 Å². The van der Waals surface area contributed by atoms with Crippen LogP contribution in [0.15, 0.2) is 71.9 Å². The van der Waals surface area contributed by atoms with E-state index in [1.165, 1.54) is 52.1 Å². The summed E-state index contributed by atoms with van der Waals surface area (Å²) in [6.45, 7) is 1.65. The summed E-state index contributed by atoms with van der Waals surface area (Å²) >= 11 is 0. The number of fused-ring (bicyclic) bond motifs is 1. The van der Waals surface area contributed by atoms with Crippen LogP contribution in [0.25, 0.3) is 11.2 Å². The molecule has 0 aliphatic rings. The van der Waals surface area contributed by atoms with Gasteiger partial charge in [0.05, 0.1) is 5.69 Å². The minimum Gasteiger partial charge on any atom is -0.434 e. The molecule has 3 heterocycles. The lowest BCUT2D eigenvalue weighted by Crippen LogP contribution is -2.23. The number of carbonyl (C=O) groups is 1. The Labute approximate surface area is 197 Å². The Hall–Kier alpha value is -4.60. The molecule has 0 amide bonds. The molecule has 2 aromatic carbocycles. The van der Waals surface area contributed by atoms with E-state index in [-0.39, 0.29) is 23.6 Å². The van der Waals surface area contributed by atoms with Gasteiger partial charge in [0.15, 0.2) is 17.3 Å². The fourth-order valence-corrected chi connectivity index (χ4v) is 3.94. The maximum Gasteiger partial charge on any atom is 0.282 e. The number of aromatic nitrogens is 5. The van der Waals surface area contributed by atoms with Gasteiger partial charge in [-0.1, -0.05) is 6.07 Å². The van der Waals surface area contributed by atoms with Crippen LogP contribution in [-0.2, 0) is 13.5 Å². The van der Waals surface area contributed by atoms with Crippen molar-refractivity contribution >= 4 is 11.3 Å². The number of ether oxygens (including phenoxy) is 1. The van der Waals surface area contributed by atoms with Crippen LogP contribution in [0.1, 0.15) is 21.6 Å². The second-order valence-electron chi connectivity index (χ2n) is 7.95. The summed E-state index contributed by atoms with van der Waals surface area (Å²) in [6.07, 6.45) is 2.83. The first kappa shape index (κ1) is 22.2. The number of halogens is 2. The van der Waals surface area contributed by atoms with Crippen LogP contribution < -0.4 is 10.3 Å². The van der Waals surface area contributed by atoms with Crippen LogP contribution in [0.2, 0.25) is 0 Å². The average Bonchev–Trinajstić information content (AvgIpc) is 3.40. The number of ketones is 1. The Morgan fingerprint density at radius 3 is 2.60 bits per heavy atom. The average molecular weight is 475 g/mol. The van der Waals surface area contributed by atoms with Gasteiger partial charge in [-0.3, -0.25) is 14.3 Å². The molecule has 0 saturated heterocycles. The molecule has 0 atom stereocenters. The molecule has 176 valence electrons. The Balaban J connectivity index is 1.40. The maximum atomic E-state index is 14.8. The van der Waals surface area contributed by atoms with E-state index in [1.807, 2.05) is 0 Å². The lowest BCUT2D eigenvalue weighted by Gasteiger charge is -2.08. The first-order valence-corrected chi connectivity index (χ1v) is 10.7. The van der Waals surface area contributed by atoms with Crippen LogP contribution in [0.4, 0.5) is 8.78 Å². The SMILES string of the molecule is Cc1c(C(=O)Cc2ccc(Oc3ncnn4cccc34)c(F)c2)c(=O)n(-c2ccc(F)cc2)n1C. The number of nitrogens with zero attached hydrogens (tertiary/aromatic N) is 5. The van der Waals surface area contributed by atoms with E-state index in [9.17, 15) is 18.4 Å². The zero-order chi connectivity index (χ0) is 24.7. The van der Waals surface area contributed by atoms with Crippen molar-refractivity contribution in [2.75, 3.05) is 0 Å². The van der Waals surface area contributed by atoms with Gasteiger partial charge >= 0.3 is 0 Å². The quantitative estimate of drug-likeness (QED) is 0.347. The molecule has 0 fully saturated rings. The Morgan fingerprint density at radius 2 is 1.86 bits per heavy atom. The Morgan fingerprint density at radius 1 is 1.09 bits per heavy atom. The van der Waals surface area contributed by atoms with Crippen LogP contribution in [-0.4, -0.2) is 29.7 Å². The lowest BCUT2D eigenvalue weighted by atomic mass is 10.0. The second kappa shape index (κ2) is 8.64. The molecule has 10 heteroatoms. The lowest BCUT2D eigenvalue weighted by molar-refractivity contribution is 0.0991. The summed E-state index contributed by atoms with van der Waals surface area (Å²) in [5.41, 5.74) is 1.30. The van der Waals surface area contributed by atoms with Gasteiger partial charge in [0.2, 0.25) is 5.88 Å². The standard InChI is InChI=1S/C25H19F2N5O3/c1-15-23(25(34)32(30(15)2)18-8-6-17(26)7-9-18)21(33)13-16-5-10-22(19(27)12-16)35-24-20-4-3-11-31(20)29-14-28-24/h3-12,14H,13H2,1-2H3. The molecule has 5 aromatic rings. The van der Waals surface area contributed by atoms with Gasteiger partial charge in [0, 0.05) is 25.4 Å². The van der Waals surface area contributed by atoms with Crippen molar-refractivity contribution in [1.82, 2.24) is 24.0 Å². The van der Waals surface area contributed by atoms with Gasteiger partial charge < -0.3 is 4.74 Å². The summed E-state index contributed by atoms with van der Waals surface area (Å²) in [7, 11) is 1.64. The normalized spacial score (nSPS) is 11.2. The molecule has 5 rings (SSSR count). The third kappa shape index (κ3) is 3.99. The minimum absolute atomic E-state index is 0.00540. The maximum absolute atomic E-state index is 14.8. The zero-order valence-corrected chi connectivity index (χ0v) is 18.8. The van der Waals surface area contributed by atoms with E-state index >= 15 is 0 Å². The third-order valence-electron chi connectivity index (χ3n) is 5.77. The van der Waals surface area contributed by atoms with E-state index < -0.39 is 23.0 Å². The van der Waals surface area contributed by atoms with Crippen molar-refractivity contribution in [1.29, 1.82) is 0 Å². The monoisotopic (exact) mass is 475 g/mol. The number of carbonyl (C=O) groups excluding carboxylic acids is 1. The largest absolute Gasteiger partial charge is 0.434 e. The van der Waals surface area contributed by atoms with Crippen molar-refractivity contribution in [3.63, 3.8) is 0 Å². The summed E-state index contributed by atoms with van der Waals surface area (Å²) in [5, 5.41) is 4.04. The van der Waals surface area contributed by atoms with Crippen molar-refractivity contribution in [2.45, 2.75) is 13.3 Å². The molecule has 8 nitrogen and oxygen atoms in total. The van der Waals surface area contributed by atoms with Crippen molar-refractivity contribution < 1.29 is 18.3 Å². The first-order valence-electron chi connectivity index (χ1n) is 10.7. The summed E-state index contributed by atoms with van der Waals surface area (Å²) in [5.74, 6) is -1.43. The predicted molar refractivity (Wildman–Crippen MR) is 123 cm³/mol. The molecular formula is C25H19F2N5O3. The third-order valence-corrected chi connectivity index (χ3v) is 5.77. The number of benzene rings is 2. The summed E-state index contributed by atoms with van der Waals surface area (Å²) in [6, 6.07) is 13.1. The molecular weight excluding hydrogens is 456 g/mol. The molecule has 35 heavy (non-hydrogen) atoms. The Kier molecular flexibility index (Phi) is 5.48. The van der Waals surface area contributed by atoms with Gasteiger partial charge in [-0.05, 0) is 61.0 Å². The van der Waals surface area contributed by atoms with E-state index in [0.717, 1.165) is 0 Å². The number of hydrogen-bond donors (Lipinski definition) is 0. The fourth-order valence-electron chi connectivity index (χ4n) is 3.94. The number of Topliss-reactive ketones (excluding diaryl/α,β-unsaturated/α-hetero) is 1. The fraction of sp³-hybridized carbons (Fsp3) is 0.120. The van der Waals surface area contributed by atoms with Gasteiger partial charge in [-0.15, -0.1) is 0 Å². The molecule has 0 bridgehead atoms. The van der Waals surface area contributed by atoms with Crippen LogP contribution in [0, 0.1) is 18.6 Å². The molecule has 0 aliphatic heterocycles. The van der Waals surface area contributed by atoms with Gasteiger partial charge in [0.1, 0.15) is 23.2 Å². The minimum atomic E-state index is -0.674. The van der Waals surface area contributed by atoms with E-state index in [1.54, 1.807) is 42.9 Å². The molecule has 3 aromatic heterocycles. The van der Waals surface area contributed by atoms with E-state index in [2.05, 4.69) is 10.1 Å². The van der Waals surface area contributed by atoms with Crippen molar-refractivity contribution in [3.05, 3.63) is 106 Å². The molecule has 0 radical (unpaired) electrons. The molecule has 0 spiro atoms. The zero-order valence-electron chi connectivity index (χ0n) is 18.8. The molecule has 0 saturated carbocycles. The van der Waals surface area contributed by atoms with Gasteiger partial charge in [-0.25, -0.2) is 18.0 Å².